The standard InChI is InChI=1S/C9H9ClN2O/c1-2-6-5-12-7(3-8(6)10)4-9(11)13/h2-3,5H,1,4H2,(H2,11,13). The Morgan fingerprint density at radius 1 is 1.77 bits per heavy atom. The molecule has 2 N–H and O–H groups in total. The minimum Gasteiger partial charge on any atom is -0.369 e. The number of pyridine rings is 1. The average Bonchev–Trinajstić information content (AvgIpc) is 2.03. The van der Waals surface area contributed by atoms with E-state index in [1.807, 2.05) is 0 Å². The number of hydrogen-bond donors (Lipinski definition) is 1. The van der Waals surface area contributed by atoms with E-state index in [-0.39, 0.29) is 6.42 Å². The zero-order chi connectivity index (χ0) is 9.84. The maximum atomic E-state index is 10.6. The van der Waals surface area contributed by atoms with Crippen LogP contribution in [-0.2, 0) is 11.2 Å². The van der Waals surface area contributed by atoms with Gasteiger partial charge in [0, 0.05) is 11.8 Å². The first-order chi connectivity index (χ1) is 6.13. The van der Waals surface area contributed by atoms with Gasteiger partial charge in [-0.2, -0.15) is 0 Å². The predicted octanol–water partition coefficient (Wildman–Crippen LogP) is 1.41. The molecule has 0 aliphatic rings. The van der Waals surface area contributed by atoms with Crippen molar-refractivity contribution in [3.8, 4) is 0 Å². The van der Waals surface area contributed by atoms with Gasteiger partial charge in [-0.1, -0.05) is 24.3 Å². The Morgan fingerprint density at radius 2 is 2.46 bits per heavy atom. The molecule has 0 saturated heterocycles. The molecule has 0 fully saturated rings. The van der Waals surface area contributed by atoms with Gasteiger partial charge in [0.15, 0.2) is 0 Å². The lowest BCUT2D eigenvalue weighted by molar-refractivity contribution is -0.117. The quantitative estimate of drug-likeness (QED) is 0.795. The van der Waals surface area contributed by atoms with Crippen molar-refractivity contribution < 1.29 is 4.79 Å². The summed E-state index contributed by atoms with van der Waals surface area (Å²) in [7, 11) is 0. The lowest BCUT2D eigenvalue weighted by Gasteiger charge is -2.00. The Labute approximate surface area is 81.2 Å². The fraction of sp³-hybridized carbons (Fsp3) is 0.111. The van der Waals surface area contributed by atoms with E-state index >= 15 is 0 Å². The van der Waals surface area contributed by atoms with E-state index in [4.69, 9.17) is 17.3 Å². The van der Waals surface area contributed by atoms with Gasteiger partial charge >= 0.3 is 0 Å². The van der Waals surface area contributed by atoms with Crippen LogP contribution in [0.5, 0.6) is 0 Å². The summed E-state index contributed by atoms with van der Waals surface area (Å²) in [4.78, 5) is 14.5. The molecule has 3 nitrogen and oxygen atoms in total. The van der Waals surface area contributed by atoms with Crippen molar-refractivity contribution in [2.45, 2.75) is 6.42 Å². The molecule has 0 atom stereocenters. The summed E-state index contributed by atoms with van der Waals surface area (Å²) in [6, 6.07) is 1.61. The SMILES string of the molecule is C=Cc1cnc(CC(N)=O)cc1Cl. The van der Waals surface area contributed by atoms with Crippen molar-refractivity contribution in [1.29, 1.82) is 0 Å². The number of halogens is 1. The second-order valence-electron chi connectivity index (χ2n) is 2.54. The Kier molecular flexibility index (Phi) is 3.03. The van der Waals surface area contributed by atoms with Gasteiger partial charge in [0.25, 0.3) is 0 Å². The second-order valence-corrected chi connectivity index (χ2v) is 2.95. The molecule has 0 bridgehead atoms. The normalized spacial score (nSPS) is 9.62. The van der Waals surface area contributed by atoms with Gasteiger partial charge in [-0.15, -0.1) is 0 Å². The van der Waals surface area contributed by atoms with Crippen LogP contribution < -0.4 is 5.73 Å². The number of hydrogen-bond acceptors (Lipinski definition) is 2. The molecule has 13 heavy (non-hydrogen) atoms. The highest BCUT2D eigenvalue weighted by Crippen LogP contribution is 2.16. The fourth-order valence-electron chi connectivity index (χ4n) is 0.906. The van der Waals surface area contributed by atoms with Crippen molar-refractivity contribution in [3.05, 3.63) is 35.1 Å². The van der Waals surface area contributed by atoms with E-state index in [1.54, 1.807) is 18.3 Å². The molecule has 4 heteroatoms. The number of primary amides is 1. The molecular formula is C9H9ClN2O. The van der Waals surface area contributed by atoms with E-state index in [0.717, 1.165) is 5.56 Å². The number of nitrogens with two attached hydrogens (primary N) is 1. The summed E-state index contributed by atoms with van der Waals surface area (Å²) < 4.78 is 0. The summed E-state index contributed by atoms with van der Waals surface area (Å²) in [6.07, 6.45) is 3.27. The molecular weight excluding hydrogens is 188 g/mol. The molecule has 1 aromatic heterocycles. The third kappa shape index (κ3) is 2.56. The third-order valence-corrected chi connectivity index (χ3v) is 1.84. The van der Waals surface area contributed by atoms with E-state index < -0.39 is 5.91 Å². The van der Waals surface area contributed by atoms with Crippen LogP contribution in [0.3, 0.4) is 0 Å². The summed E-state index contributed by atoms with van der Waals surface area (Å²) in [5.41, 5.74) is 6.32. The van der Waals surface area contributed by atoms with Crippen molar-refractivity contribution in [2.75, 3.05) is 0 Å². The van der Waals surface area contributed by atoms with Crippen molar-refractivity contribution in [1.82, 2.24) is 4.98 Å². The zero-order valence-corrected chi connectivity index (χ0v) is 7.71. The van der Waals surface area contributed by atoms with Crippen LogP contribution in [0, 0.1) is 0 Å². The topological polar surface area (TPSA) is 56.0 Å². The van der Waals surface area contributed by atoms with Crippen LogP contribution in [0.4, 0.5) is 0 Å². The molecule has 1 amide bonds. The minimum absolute atomic E-state index is 0.108. The lowest BCUT2D eigenvalue weighted by Crippen LogP contribution is -2.14. The van der Waals surface area contributed by atoms with Crippen molar-refractivity contribution in [3.63, 3.8) is 0 Å². The van der Waals surface area contributed by atoms with Gasteiger partial charge in [-0.3, -0.25) is 9.78 Å². The first-order valence-electron chi connectivity index (χ1n) is 3.68. The molecule has 0 unspecified atom stereocenters. The smallest absolute Gasteiger partial charge is 0.223 e. The highest BCUT2D eigenvalue weighted by molar-refractivity contribution is 6.32. The number of aromatic nitrogens is 1. The maximum absolute atomic E-state index is 10.6. The van der Waals surface area contributed by atoms with E-state index in [9.17, 15) is 4.79 Å². The van der Waals surface area contributed by atoms with Crippen LogP contribution in [0.2, 0.25) is 5.02 Å². The van der Waals surface area contributed by atoms with Crippen LogP contribution in [-0.4, -0.2) is 10.9 Å². The fourth-order valence-corrected chi connectivity index (χ4v) is 1.16. The number of nitrogens with zero attached hydrogens (tertiary/aromatic N) is 1. The van der Waals surface area contributed by atoms with Gasteiger partial charge < -0.3 is 5.73 Å². The molecule has 1 aromatic rings. The molecule has 1 rings (SSSR count). The van der Waals surface area contributed by atoms with Gasteiger partial charge in [-0.25, -0.2) is 0 Å². The summed E-state index contributed by atoms with van der Waals surface area (Å²) >= 11 is 5.85. The van der Waals surface area contributed by atoms with Crippen molar-refractivity contribution in [2.24, 2.45) is 5.73 Å². The van der Waals surface area contributed by atoms with Crippen LogP contribution in [0.25, 0.3) is 6.08 Å². The van der Waals surface area contributed by atoms with E-state index in [2.05, 4.69) is 11.6 Å². The summed E-state index contributed by atoms with van der Waals surface area (Å²) in [6.45, 7) is 3.57. The highest BCUT2D eigenvalue weighted by Gasteiger charge is 2.02. The zero-order valence-electron chi connectivity index (χ0n) is 6.96. The minimum atomic E-state index is -0.421. The van der Waals surface area contributed by atoms with Gasteiger partial charge in [-0.05, 0) is 6.07 Å². The number of carbonyl (C=O) groups is 1. The summed E-state index contributed by atoms with van der Waals surface area (Å²) in [5, 5.41) is 0.529. The molecule has 0 aliphatic heterocycles. The second kappa shape index (κ2) is 4.05. The van der Waals surface area contributed by atoms with Crippen LogP contribution in [0.15, 0.2) is 18.8 Å². The van der Waals surface area contributed by atoms with E-state index in [0.29, 0.717) is 10.7 Å². The largest absolute Gasteiger partial charge is 0.369 e. The third-order valence-electron chi connectivity index (χ3n) is 1.51. The molecule has 68 valence electrons. The van der Waals surface area contributed by atoms with Crippen molar-refractivity contribution >= 4 is 23.6 Å². The molecule has 0 saturated carbocycles. The average molecular weight is 197 g/mol. The predicted molar refractivity (Wildman–Crippen MR) is 52.2 cm³/mol. The van der Waals surface area contributed by atoms with Gasteiger partial charge in [0.1, 0.15) is 0 Å². The van der Waals surface area contributed by atoms with Gasteiger partial charge in [0.05, 0.1) is 17.1 Å². The van der Waals surface area contributed by atoms with Crippen LogP contribution in [0.1, 0.15) is 11.3 Å². The van der Waals surface area contributed by atoms with E-state index in [1.165, 1.54) is 0 Å². The molecule has 0 spiro atoms. The monoisotopic (exact) mass is 196 g/mol. The Hall–Kier alpha value is -1.35. The summed E-state index contributed by atoms with van der Waals surface area (Å²) in [5.74, 6) is -0.421. The Morgan fingerprint density at radius 3 is 2.92 bits per heavy atom. The molecule has 1 heterocycles. The first kappa shape index (κ1) is 9.74. The first-order valence-corrected chi connectivity index (χ1v) is 4.06. The Bertz CT molecular complexity index is 349. The van der Waals surface area contributed by atoms with Gasteiger partial charge in [0.2, 0.25) is 5.91 Å². The highest BCUT2D eigenvalue weighted by atomic mass is 35.5. The molecule has 0 aliphatic carbocycles. The molecule has 0 radical (unpaired) electrons. The number of carbonyl (C=O) groups excluding carboxylic acids is 1. The number of amides is 1. The van der Waals surface area contributed by atoms with Crippen LogP contribution >= 0.6 is 11.6 Å². The molecule has 0 aromatic carbocycles. The lowest BCUT2D eigenvalue weighted by atomic mass is 10.2. The number of rotatable bonds is 3. The maximum Gasteiger partial charge on any atom is 0.223 e. The Balaban J connectivity index is 2.95.